The molecule has 0 unspecified atom stereocenters. The summed E-state index contributed by atoms with van der Waals surface area (Å²) in [6, 6.07) is 8.05. The number of Topliss-reactive ketones (excluding diaryl/α,β-unsaturated/α-hetero) is 1. The monoisotopic (exact) mass is 381 g/mol. The van der Waals surface area contributed by atoms with Crippen LogP contribution in [0.3, 0.4) is 0 Å². The van der Waals surface area contributed by atoms with Gasteiger partial charge in [-0.3, -0.25) is 14.1 Å². The molecule has 0 bridgehead atoms. The predicted molar refractivity (Wildman–Crippen MR) is 101 cm³/mol. The lowest BCUT2D eigenvalue weighted by Crippen LogP contribution is -2.27. The van der Waals surface area contributed by atoms with Crippen molar-refractivity contribution in [2.45, 2.75) is 27.3 Å². The van der Waals surface area contributed by atoms with Crippen molar-refractivity contribution >= 4 is 17.4 Å². The molecule has 0 fully saturated rings. The van der Waals surface area contributed by atoms with E-state index in [0.29, 0.717) is 11.3 Å². The highest BCUT2D eigenvalue weighted by atomic mass is 16.5. The summed E-state index contributed by atoms with van der Waals surface area (Å²) in [5, 5.41) is 6.44. The molecule has 0 spiro atoms. The highest BCUT2D eigenvalue weighted by molar-refractivity contribution is 5.98. The maximum atomic E-state index is 12.6. The van der Waals surface area contributed by atoms with Gasteiger partial charge in [-0.1, -0.05) is 25.9 Å². The maximum absolute atomic E-state index is 12.6. The molecule has 28 heavy (non-hydrogen) atoms. The van der Waals surface area contributed by atoms with Gasteiger partial charge in [0.1, 0.15) is 0 Å². The average molecular weight is 381 g/mol. The molecule has 1 aromatic carbocycles. The minimum atomic E-state index is -0.773. The SMILES string of the molecule is CC(C)(C)C(=O)Nc1ccc(C(=O)Cn2c(-c3ncccn3)noc2=O)cc1. The average Bonchev–Trinajstić information content (AvgIpc) is 3.02. The van der Waals surface area contributed by atoms with Crippen LogP contribution in [0.2, 0.25) is 0 Å². The van der Waals surface area contributed by atoms with Crippen molar-refractivity contribution in [3.63, 3.8) is 0 Å². The zero-order chi connectivity index (χ0) is 20.3. The van der Waals surface area contributed by atoms with Gasteiger partial charge in [0.2, 0.25) is 11.7 Å². The Hall–Kier alpha value is -3.62. The van der Waals surface area contributed by atoms with Gasteiger partial charge < -0.3 is 5.32 Å². The smallest absolute Gasteiger partial charge is 0.326 e. The van der Waals surface area contributed by atoms with Gasteiger partial charge in [0.25, 0.3) is 0 Å². The fraction of sp³-hybridized carbons (Fsp3) is 0.263. The number of nitrogens with zero attached hydrogens (tertiary/aromatic N) is 4. The molecule has 0 saturated heterocycles. The number of ketones is 1. The third kappa shape index (κ3) is 4.20. The molecule has 9 nitrogen and oxygen atoms in total. The standard InChI is InChI=1S/C19H19N5O4/c1-19(2,3)17(26)22-13-7-5-12(6-8-13)14(25)11-24-16(23-28-18(24)27)15-20-9-4-10-21-15/h4-10H,11H2,1-3H3,(H,22,26). The van der Waals surface area contributed by atoms with Crippen molar-refractivity contribution in [3.8, 4) is 11.6 Å². The molecular weight excluding hydrogens is 362 g/mol. The van der Waals surface area contributed by atoms with E-state index in [1.165, 1.54) is 12.4 Å². The fourth-order valence-electron chi connectivity index (χ4n) is 2.28. The second kappa shape index (κ2) is 7.55. The molecule has 1 N–H and O–H groups in total. The molecule has 0 saturated carbocycles. The Bertz CT molecular complexity index is 1050. The Labute approximate surface area is 160 Å². The van der Waals surface area contributed by atoms with E-state index in [4.69, 9.17) is 0 Å². The Kier molecular flexibility index (Phi) is 5.16. The number of benzene rings is 1. The van der Waals surface area contributed by atoms with E-state index in [-0.39, 0.29) is 29.9 Å². The third-order valence-electron chi connectivity index (χ3n) is 3.90. The van der Waals surface area contributed by atoms with Crippen molar-refractivity contribution in [3.05, 3.63) is 58.8 Å². The van der Waals surface area contributed by atoms with Crippen LogP contribution in [0, 0.1) is 5.41 Å². The molecule has 0 aliphatic rings. The fourth-order valence-corrected chi connectivity index (χ4v) is 2.28. The first-order valence-corrected chi connectivity index (χ1v) is 8.54. The summed E-state index contributed by atoms with van der Waals surface area (Å²) in [5.41, 5.74) is 0.429. The Morgan fingerprint density at radius 3 is 2.36 bits per heavy atom. The second-order valence-electron chi connectivity index (χ2n) is 7.14. The van der Waals surface area contributed by atoms with Gasteiger partial charge in [0.05, 0.1) is 6.54 Å². The van der Waals surface area contributed by atoms with Crippen LogP contribution < -0.4 is 11.1 Å². The van der Waals surface area contributed by atoms with Gasteiger partial charge in [-0.25, -0.2) is 19.3 Å². The van der Waals surface area contributed by atoms with Crippen LogP contribution in [-0.4, -0.2) is 31.4 Å². The Balaban J connectivity index is 1.77. The molecule has 0 atom stereocenters. The number of rotatable bonds is 5. The summed E-state index contributed by atoms with van der Waals surface area (Å²) in [5.74, 6) is -0.967. The minimum absolute atomic E-state index is 0.0769. The molecule has 2 heterocycles. The molecule has 3 rings (SSSR count). The van der Waals surface area contributed by atoms with Crippen molar-refractivity contribution < 1.29 is 14.1 Å². The summed E-state index contributed by atoms with van der Waals surface area (Å²) < 4.78 is 5.74. The van der Waals surface area contributed by atoms with Gasteiger partial charge in [0.15, 0.2) is 11.6 Å². The van der Waals surface area contributed by atoms with Crippen molar-refractivity contribution in [2.24, 2.45) is 5.41 Å². The van der Waals surface area contributed by atoms with Gasteiger partial charge in [-0.05, 0) is 30.3 Å². The van der Waals surface area contributed by atoms with E-state index in [9.17, 15) is 14.4 Å². The van der Waals surface area contributed by atoms with Crippen LogP contribution in [0.25, 0.3) is 11.6 Å². The number of anilines is 1. The highest BCUT2D eigenvalue weighted by Crippen LogP contribution is 2.18. The summed E-state index contributed by atoms with van der Waals surface area (Å²) in [4.78, 5) is 44.6. The quantitative estimate of drug-likeness (QED) is 0.672. The molecule has 3 aromatic rings. The number of amides is 1. The van der Waals surface area contributed by atoms with Crippen molar-refractivity contribution in [1.29, 1.82) is 0 Å². The van der Waals surface area contributed by atoms with Gasteiger partial charge in [-0.2, -0.15) is 0 Å². The van der Waals surface area contributed by atoms with E-state index in [1.807, 2.05) is 20.8 Å². The van der Waals surface area contributed by atoms with Crippen LogP contribution in [-0.2, 0) is 11.3 Å². The van der Waals surface area contributed by atoms with E-state index < -0.39 is 11.2 Å². The lowest BCUT2D eigenvalue weighted by atomic mass is 9.95. The third-order valence-corrected chi connectivity index (χ3v) is 3.90. The zero-order valence-electron chi connectivity index (χ0n) is 15.7. The summed E-state index contributed by atoms with van der Waals surface area (Å²) in [7, 11) is 0. The molecule has 9 heteroatoms. The van der Waals surface area contributed by atoms with Crippen LogP contribution in [0.15, 0.2) is 52.0 Å². The maximum Gasteiger partial charge on any atom is 0.442 e. The van der Waals surface area contributed by atoms with E-state index in [2.05, 4.69) is 25.0 Å². The van der Waals surface area contributed by atoms with Crippen LogP contribution in [0.5, 0.6) is 0 Å². The number of hydrogen-bond acceptors (Lipinski definition) is 7. The summed E-state index contributed by atoms with van der Waals surface area (Å²) in [6.07, 6.45) is 3.00. The van der Waals surface area contributed by atoms with Crippen molar-refractivity contribution in [2.75, 3.05) is 5.32 Å². The molecular formula is C19H19N5O4. The lowest BCUT2D eigenvalue weighted by Gasteiger charge is -2.17. The Morgan fingerprint density at radius 2 is 1.75 bits per heavy atom. The largest absolute Gasteiger partial charge is 0.442 e. The topological polar surface area (TPSA) is 120 Å². The normalized spacial score (nSPS) is 11.2. The first-order valence-electron chi connectivity index (χ1n) is 8.54. The molecule has 0 aliphatic heterocycles. The number of carbonyl (C=O) groups is 2. The minimum Gasteiger partial charge on any atom is -0.326 e. The first-order chi connectivity index (χ1) is 13.3. The van der Waals surface area contributed by atoms with E-state index in [0.717, 1.165) is 4.57 Å². The highest BCUT2D eigenvalue weighted by Gasteiger charge is 2.21. The van der Waals surface area contributed by atoms with Gasteiger partial charge >= 0.3 is 5.76 Å². The van der Waals surface area contributed by atoms with Crippen molar-refractivity contribution in [1.82, 2.24) is 19.7 Å². The second-order valence-corrected chi connectivity index (χ2v) is 7.14. The zero-order valence-corrected chi connectivity index (χ0v) is 15.7. The number of aromatic nitrogens is 4. The number of hydrogen-bond donors (Lipinski definition) is 1. The summed E-state index contributed by atoms with van der Waals surface area (Å²) in [6.45, 7) is 5.16. The van der Waals surface area contributed by atoms with Crippen LogP contribution >= 0.6 is 0 Å². The van der Waals surface area contributed by atoms with Gasteiger partial charge in [0, 0.05) is 29.1 Å². The lowest BCUT2D eigenvalue weighted by molar-refractivity contribution is -0.123. The molecule has 2 aromatic heterocycles. The predicted octanol–water partition coefficient (Wildman–Crippen LogP) is 2.16. The first kappa shape index (κ1) is 19.2. The number of nitrogens with one attached hydrogen (secondary N) is 1. The summed E-state index contributed by atoms with van der Waals surface area (Å²) >= 11 is 0. The number of carbonyl (C=O) groups excluding carboxylic acids is 2. The van der Waals surface area contributed by atoms with Crippen LogP contribution in [0.1, 0.15) is 31.1 Å². The molecule has 0 aliphatic carbocycles. The van der Waals surface area contributed by atoms with E-state index >= 15 is 0 Å². The molecule has 1 amide bonds. The van der Waals surface area contributed by atoms with Gasteiger partial charge in [-0.15, -0.1) is 0 Å². The van der Waals surface area contributed by atoms with E-state index in [1.54, 1.807) is 30.3 Å². The molecule has 0 radical (unpaired) electrons. The molecule has 144 valence electrons. The van der Waals surface area contributed by atoms with Crippen LogP contribution in [0.4, 0.5) is 5.69 Å². The Morgan fingerprint density at radius 1 is 1.11 bits per heavy atom.